The van der Waals surface area contributed by atoms with Crippen molar-refractivity contribution in [3.63, 3.8) is 0 Å². The van der Waals surface area contributed by atoms with Crippen LogP contribution < -0.4 is 15.4 Å². The summed E-state index contributed by atoms with van der Waals surface area (Å²) in [5, 5.41) is 6.79. The first-order valence-electron chi connectivity index (χ1n) is 10.1. The molecule has 6 heteroatoms. The number of hydrogen-bond donors (Lipinski definition) is 2. The first-order valence-corrected chi connectivity index (χ1v) is 10.1. The largest absolute Gasteiger partial charge is 0.494 e. The quantitative estimate of drug-likeness (QED) is 0.572. The third kappa shape index (κ3) is 5.23. The Morgan fingerprint density at radius 3 is 2.55 bits per heavy atom. The van der Waals surface area contributed by atoms with Crippen LogP contribution >= 0.6 is 0 Å². The Morgan fingerprint density at radius 2 is 1.83 bits per heavy atom. The van der Waals surface area contributed by atoms with Crippen LogP contribution in [0.1, 0.15) is 19.8 Å². The highest BCUT2D eigenvalue weighted by Gasteiger charge is 2.16. The van der Waals surface area contributed by atoms with Gasteiger partial charge in [-0.3, -0.25) is 0 Å². The molecular weight excluding hydrogens is 364 g/mol. The van der Waals surface area contributed by atoms with Crippen LogP contribution in [0.5, 0.6) is 5.75 Å². The maximum atomic E-state index is 5.71. The second-order valence-corrected chi connectivity index (χ2v) is 6.93. The number of nitrogens with one attached hydrogen (secondary N) is 2. The lowest BCUT2D eigenvalue weighted by Crippen LogP contribution is -2.19. The number of ether oxygens (including phenoxy) is 2. The molecule has 29 heavy (non-hydrogen) atoms. The van der Waals surface area contributed by atoms with Crippen LogP contribution in [0.25, 0.3) is 11.4 Å². The molecule has 3 aromatic rings. The minimum absolute atomic E-state index is 0.243. The van der Waals surface area contributed by atoms with Gasteiger partial charge in [-0.2, -0.15) is 0 Å². The fraction of sp³-hybridized carbons (Fsp3) is 0.304. The van der Waals surface area contributed by atoms with E-state index in [0.717, 1.165) is 54.6 Å². The molecule has 2 aromatic carbocycles. The molecule has 6 nitrogen and oxygen atoms in total. The lowest BCUT2D eigenvalue weighted by atomic mass is 10.2. The van der Waals surface area contributed by atoms with Crippen molar-refractivity contribution in [3.8, 4) is 17.1 Å². The molecule has 0 bridgehead atoms. The molecule has 2 N–H and O–H groups in total. The second-order valence-electron chi connectivity index (χ2n) is 6.93. The molecule has 1 fully saturated rings. The highest BCUT2D eigenvalue weighted by molar-refractivity contribution is 5.65. The van der Waals surface area contributed by atoms with Gasteiger partial charge in [-0.1, -0.05) is 30.3 Å². The van der Waals surface area contributed by atoms with Gasteiger partial charge in [0.2, 0.25) is 0 Å². The summed E-state index contributed by atoms with van der Waals surface area (Å²) >= 11 is 0. The average molecular weight is 390 g/mol. The third-order valence-corrected chi connectivity index (χ3v) is 4.73. The molecule has 1 atom stereocenters. The molecule has 1 aliphatic rings. The molecule has 4 rings (SSSR count). The molecule has 1 aromatic heterocycles. The number of aromatic nitrogens is 2. The zero-order chi connectivity index (χ0) is 19.9. The summed E-state index contributed by atoms with van der Waals surface area (Å²) < 4.78 is 11.2. The number of rotatable bonds is 8. The summed E-state index contributed by atoms with van der Waals surface area (Å²) in [5.74, 6) is 3.04. The van der Waals surface area contributed by atoms with Gasteiger partial charge in [-0.15, -0.1) is 0 Å². The van der Waals surface area contributed by atoms with E-state index in [0.29, 0.717) is 12.4 Å². The van der Waals surface area contributed by atoms with Crippen molar-refractivity contribution in [2.75, 3.05) is 30.4 Å². The van der Waals surface area contributed by atoms with Crippen molar-refractivity contribution in [1.29, 1.82) is 0 Å². The van der Waals surface area contributed by atoms with Crippen LogP contribution in [0.3, 0.4) is 0 Å². The fourth-order valence-electron chi connectivity index (χ4n) is 3.29. The van der Waals surface area contributed by atoms with E-state index < -0.39 is 0 Å². The maximum absolute atomic E-state index is 5.71. The Labute approximate surface area is 171 Å². The van der Waals surface area contributed by atoms with Crippen molar-refractivity contribution in [3.05, 3.63) is 60.7 Å². The van der Waals surface area contributed by atoms with E-state index in [1.165, 1.54) is 0 Å². The predicted octanol–water partition coefficient (Wildman–Crippen LogP) is 4.88. The van der Waals surface area contributed by atoms with E-state index >= 15 is 0 Å². The minimum Gasteiger partial charge on any atom is -0.494 e. The fourth-order valence-corrected chi connectivity index (χ4v) is 3.29. The Balaban J connectivity index is 1.56. The van der Waals surface area contributed by atoms with Gasteiger partial charge in [0.25, 0.3) is 0 Å². The van der Waals surface area contributed by atoms with E-state index in [1.807, 2.05) is 67.6 Å². The van der Waals surface area contributed by atoms with Crippen LogP contribution in [0.4, 0.5) is 17.3 Å². The summed E-state index contributed by atoms with van der Waals surface area (Å²) in [7, 11) is 0. The number of anilines is 3. The summed E-state index contributed by atoms with van der Waals surface area (Å²) in [6.45, 7) is 4.21. The zero-order valence-corrected chi connectivity index (χ0v) is 16.6. The Kier molecular flexibility index (Phi) is 6.22. The van der Waals surface area contributed by atoms with E-state index in [-0.39, 0.29) is 6.10 Å². The molecule has 0 amide bonds. The zero-order valence-electron chi connectivity index (χ0n) is 16.6. The van der Waals surface area contributed by atoms with Gasteiger partial charge in [0, 0.05) is 30.5 Å². The first-order chi connectivity index (χ1) is 14.3. The van der Waals surface area contributed by atoms with Crippen molar-refractivity contribution < 1.29 is 9.47 Å². The first kappa shape index (κ1) is 19.2. The molecule has 0 spiro atoms. The molecule has 0 saturated carbocycles. The van der Waals surface area contributed by atoms with E-state index in [9.17, 15) is 0 Å². The Bertz CT molecular complexity index is 910. The number of benzene rings is 2. The van der Waals surface area contributed by atoms with Crippen LogP contribution in [-0.4, -0.2) is 35.8 Å². The molecule has 1 unspecified atom stereocenters. The summed E-state index contributed by atoms with van der Waals surface area (Å²) in [6, 6.07) is 19.8. The van der Waals surface area contributed by atoms with Gasteiger partial charge in [0.1, 0.15) is 17.4 Å². The van der Waals surface area contributed by atoms with Gasteiger partial charge in [0.05, 0.1) is 12.7 Å². The Morgan fingerprint density at radius 1 is 1.03 bits per heavy atom. The van der Waals surface area contributed by atoms with Crippen molar-refractivity contribution >= 4 is 17.3 Å². The highest BCUT2D eigenvalue weighted by Crippen LogP contribution is 2.24. The second kappa shape index (κ2) is 9.39. The van der Waals surface area contributed by atoms with Gasteiger partial charge in [-0.25, -0.2) is 9.97 Å². The molecule has 1 saturated heterocycles. The van der Waals surface area contributed by atoms with E-state index in [2.05, 4.69) is 10.6 Å². The van der Waals surface area contributed by atoms with Gasteiger partial charge in [-0.05, 0) is 44.0 Å². The molecule has 0 aliphatic carbocycles. The SMILES string of the molecule is CCOc1ccc(Nc2cc(NCC3CCCO3)nc(-c3ccccc3)n2)cc1. The van der Waals surface area contributed by atoms with Crippen LogP contribution in [0.2, 0.25) is 0 Å². The van der Waals surface area contributed by atoms with Gasteiger partial charge >= 0.3 is 0 Å². The molecule has 1 aliphatic heterocycles. The highest BCUT2D eigenvalue weighted by atomic mass is 16.5. The molecule has 150 valence electrons. The monoisotopic (exact) mass is 390 g/mol. The minimum atomic E-state index is 0.243. The van der Waals surface area contributed by atoms with Crippen LogP contribution in [-0.2, 0) is 4.74 Å². The Hall–Kier alpha value is -3.12. The maximum Gasteiger partial charge on any atom is 0.163 e. The standard InChI is InChI=1S/C23H26N4O2/c1-2-28-19-12-10-18(11-13-19)25-22-15-21(24-16-20-9-6-14-29-20)26-23(27-22)17-7-4-3-5-8-17/h3-5,7-8,10-13,15,20H,2,6,9,14,16H2,1H3,(H2,24,25,26,27). The summed E-state index contributed by atoms with van der Waals surface area (Å²) in [4.78, 5) is 9.42. The van der Waals surface area contributed by atoms with Gasteiger partial charge < -0.3 is 20.1 Å². The topological polar surface area (TPSA) is 68.3 Å². The molecule has 0 radical (unpaired) electrons. The smallest absolute Gasteiger partial charge is 0.163 e. The number of nitrogens with zero attached hydrogens (tertiary/aromatic N) is 2. The summed E-state index contributed by atoms with van der Waals surface area (Å²) in [6.07, 6.45) is 2.45. The van der Waals surface area contributed by atoms with E-state index in [4.69, 9.17) is 19.4 Å². The molecular formula is C23H26N4O2. The third-order valence-electron chi connectivity index (χ3n) is 4.73. The van der Waals surface area contributed by atoms with Gasteiger partial charge in [0.15, 0.2) is 5.82 Å². The number of hydrogen-bond acceptors (Lipinski definition) is 6. The van der Waals surface area contributed by atoms with Crippen molar-refractivity contribution in [2.24, 2.45) is 0 Å². The lowest BCUT2D eigenvalue weighted by molar-refractivity contribution is 0.120. The normalized spacial score (nSPS) is 15.8. The average Bonchev–Trinajstić information content (AvgIpc) is 3.28. The van der Waals surface area contributed by atoms with Crippen LogP contribution in [0, 0.1) is 0 Å². The van der Waals surface area contributed by atoms with Crippen molar-refractivity contribution in [1.82, 2.24) is 9.97 Å². The predicted molar refractivity (Wildman–Crippen MR) is 116 cm³/mol. The van der Waals surface area contributed by atoms with E-state index in [1.54, 1.807) is 0 Å². The molecule has 2 heterocycles. The van der Waals surface area contributed by atoms with Crippen molar-refractivity contribution in [2.45, 2.75) is 25.9 Å². The lowest BCUT2D eigenvalue weighted by Gasteiger charge is -2.14. The summed E-state index contributed by atoms with van der Waals surface area (Å²) in [5.41, 5.74) is 1.92. The van der Waals surface area contributed by atoms with Crippen LogP contribution in [0.15, 0.2) is 60.7 Å².